The molecule has 0 aromatic heterocycles. The highest BCUT2D eigenvalue weighted by Crippen LogP contribution is 2.46. The Kier molecular flexibility index (Phi) is 5.28. The zero-order valence-electron chi connectivity index (χ0n) is 11.9. The second-order valence-corrected chi connectivity index (χ2v) is 6.24. The summed E-state index contributed by atoms with van der Waals surface area (Å²) in [5.41, 5.74) is 3.39. The highest BCUT2D eigenvalue weighted by atomic mass is 35.7. The van der Waals surface area contributed by atoms with Gasteiger partial charge in [0.25, 0.3) is 0 Å². The molecule has 0 bridgehead atoms. The summed E-state index contributed by atoms with van der Waals surface area (Å²) in [6.45, 7) is 6.14. The van der Waals surface area contributed by atoms with E-state index in [-0.39, 0.29) is 0 Å². The minimum absolute atomic E-state index is 0.769. The summed E-state index contributed by atoms with van der Waals surface area (Å²) in [5, 5.41) is 0. The Balaban J connectivity index is 2.07. The molecule has 2 rings (SSSR count). The van der Waals surface area contributed by atoms with Crippen molar-refractivity contribution in [3.63, 3.8) is 0 Å². The first-order valence-corrected chi connectivity index (χ1v) is 8.65. The van der Waals surface area contributed by atoms with Crippen LogP contribution in [0.15, 0.2) is 42.5 Å². The van der Waals surface area contributed by atoms with Crippen molar-refractivity contribution in [2.24, 2.45) is 0 Å². The van der Waals surface area contributed by atoms with E-state index in [0.29, 0.717) is 0 Å². The minimum atomic E-state index is -1.51. The minimum Gasteiger partial charge on any atom is -0.427 e. The predicted octanol–water partition coefficient (Wildman–Crippen LogP) is 5.79. The molecule has 0 amide bonds. The predicted molar refractivity (Wildman–Crippen MR) is 85.8 cm³/mol. The van der Waals surface area contributed by atoms with Crippen LogP contribution in [0, 0.1) is 13.8 Å². The Morgan fingerprint density at radius 3 is 2.40 bits per heavy atom. The third-order valence-electron chi connectivity index (χ3n) is 3.02. The first-order chi connectivity index (χ1) is 9.60. The number of rotatable bonds is 5. The molecule has 0 aliphatic heterocycles. The third kappa shape index (κ3) is 3.88. The second-order valence-electron chi connectivity index (χ2n) is 4.63. The monoisotopic (exact) mass is 308 g/mol. The number of para-hydroxylation sites is 1. The van der Waals surface area contributed by atoms with Crippen LogP contribution in [0.2, 0.25) is 0 Å². The molecular weight excluding hydrogens is 291 g/mol. The molecule has 0 radical (unpaired) electrons. The summed E-state index contributed by atoms with van der Waals surface area (Å²) >= 11 is 6.21. The molecular formula is C16H18ClO2P. The smallest absolute Gasteiger partial charge is 0.401 e. The molecule has 0 aliphatic carbocycles. The molecule has 20 heavy (non-hydrogen) atoms. The van der Waals surface area contributed by atoms with E-state index in [9.17, 15) is 0 Å². The SMILES string of the molecule is CCc1ccccc1OP(Cl)Oc1ccc(C)cc1C. The van der Waals surface area contributed by atoms with E-state index in [1.807, 2.05) is 50.2 Å². The molecule has 0 heterocycles. The van der Waals surface area contributed by atoms with E-state index in [4.69, 9.17) is 20.3 Å². The molecule has 0 N–H and O–H groups in total. The van der Waals surface area contributed by atoms with Crippen LogP contribution in [-0.2, 0) is 6.42 Å². The number of halogens is 1. The first-order valence-electron chi connectivity index (χ1n) is 6.57. The van der Waals surface area contributed by atoms with E-state index in [1.165, 1.54) is 5.56 Å². The van der Waals surface area contributed by atoms with Crippen molar-refractivity contribution < 1.29 is 9.05 Å². The maximum absolute atomic E-state index is 6.21. The van der Waals surface area contributed by atoms with Crippen molar-refractivity contribution in [1.29, 1.82) is 0 Å². The van der Waals surface area contributed by atoms with Crippen LogP contribution >= 0.6 is 19.0 Å². The largest absolute Gasteiger partial charge is 0.427 e. The zero-order chi connectivity index (χ0) is 14.5. The fourth-order valence-corrected chi connectivity index (χ4v) is 3.14. The number of aryl methyl sites for hydroxylation is 3. The highest BCUT2D eigenvalue weighted by molar-refractivity contribution is 7.76. The maximum atomic E-state index is 6.21. The van der Waals surface area contributed by atoms with Crippen molar-refractivity contribution >= 4 is 19.0 Å². The molecule has 2 aromatic carbocycles. The fourth-order valence-electron chi connectivity index (χ4n) is 1.96. The normalized spacial score (nSPS) is 12.0. The van der Waals surface area contributed by atoms with Gasteiger partial charge < -0.3 is 9.05 Å². The van der Waals surface area contributed by atoms with Gasteiger partial charge in [0.15, 0.2) is 0 Å². The quantitative estimate of drug-likeness (QED) is 0.651. The number of benzene rings is 2. The molecule has 0 aliphatic rings. The van der Waals surface area contributed by atoms with Gasteiger partial charge in [-0.05, 0) is 54.8 Å². The summed E-state index contributed by atoms with van der Waals surface area (Å²) in [6.07, 6.45) is 0.903. The zero-order valence-corrected chi connectivity index (χ0v) is 13.5. The van der Waals surface area contributed by atoms with Gasteiger partial charge in [-0.1, -0.05) is 42.8 Å². The fraction of sp³-hybridized carbons (Fsp3) is 0.250. The summed E-state index contributed by atoms with van der Waals surface area (Å²) in [4.78, 5) is 0. The summed E-state index contributed by atoms with van der Waals surface area (Å²) < 4.78 is 11.4. The Morgan fingerprint density at radius 2 is 1.70 bits per heavy atom. The molecule has 0 spiro atoms. The van der Waals surface area contributed by atoms with Crippen molar-refractivity contribution in [1.82, 2.24) is 0 Å². The van der Waals surface area contributed by atoms with E-state index >= 15 is 0 Å². The van der Waals surface area contributed by atoms with Crippen molar-refractivity contribution in [2.45, 2.75) is 27.2 Å². The van der Waals surface area contributed by atoms with Gasteiger partial charge in [-0.3, -0.25) is 0 Å². The van der Waals surface area contributed by atoms with Gasteiger partial charge >= 0.3 is 7.73 Å². The third-order valence-corrected chi connectivity index (χ3v) is 4.12. The van der Waals surface area contributed by atoms with Crippen LogP contribution in [0.4, 0.5) is 0 Å². The average molecular weight is 309 g/mol. The molecule has 1 unspecified atom stereocenters. The lowest BCUT2D eigenvalue weighted by atomic mass is 10.1. The molecule has 1 atom stereocenters. The van der Waals surface area contributed by atoms with Gasteiger partial charge in [0, 0.05) is 0 Å². The van der Waals surface area contributed by atoms with E-state index in [0.717, 1.165) is 29.0 Å². The van der Waals surface area contributed by atoms with Gasteiger partial charge in [0.2, 0.25) is 0 Å². The topological polar surface area (TPSA) is 18.5 Å². The van der Waals surface area contributed by atoms with Gasteiger partial charge in [0.1, 0.15) is 11.5 Å². The lowest BCUT2D eigenvalue weighted by Crippen LogP contribution is -1.95. The Bertz CT molecular complexity index is 586. The van der Waals surface area contributed by atoms with Crippen LogP contribution in [-0.4, -0.2) is 0 Å². The van der Waals surface area contributed by atoms with Crippen molar-refractivity contribution in [2.75, 3.05) is 0 Å². The van der Waals surface area contributed by atoms with Crippen molar-refractivity contribution in [3.05, 3.63) is 59.2 Å². The van der Waals surface area contributed by atoms with Crippen LogP contribution in [0.1, 0.15) is 23.6 Å². The molecule has 2 nitrogen and oxygen atoms in total. The molecule has 0 fully saturated rings. The Morgan fingerprint density at radius 1 is 1.00 bits per heavy atom. The first kappa shape index (κ1) is 15.2. The molecule has 106 valence electrons. The van der Waals surface area contributed by atoms with E-state index in [2.05, 4.69) is 13.0 Å². The lowest BCUT2D eigenvalue weighted by molar-refractivity contribution is 0.502. The summed E-state index contributed by atoms with van der Waals surface area (Å²) in [5.74, 6) is 1.56. The standard InChI is InChI=1S/C16H18ClO2P/c1-4-14-7-5-6-8-16(14)19-20(17)18-15-10-9-12(2)11-13(15)3/h5-11H,4H2,1-3H3. The Hall–Kier alpha value is -1.24. The Labute approximate surface area is 126 Å². The van der Waals surface area contributed by atoms with Crippen LogP contribution in [0.3, 0.4) is 0 Å². The van der Waals surface area contributed by atoms with Gasteiger partial charge in [0.05, 0.1) is 0 Å². The van der Waals surface area contributed by atoms with E-state index in [1.54, 1.807) is 0 Å². The maximum Gasteiger partial charge on any atom is 0.401 e. The van der Waals surface area contributed by atoms with Crippen LogP contribution < -0.4 is 9.05 Å². The van der Waals surface area contributed by atoms with Gasteiger partial charge in [-0.25, -0.2) is 0 Å². The average Bonchev–Trinajstić information content (AvgIpc) is 2.42. The van der Waals surface area contributed by atoms with Crippen LogP contribution in [0.5, 0.6) is 11.5 Å². The van der Waals surface area contributed by atoms with Gasteiger partial charge in [-0.2, -0.15) is 0 Å². The summed E-state index contributed by atoms with van der Waals surface area (Å²) in [6, 6.07) is 13.9. The second kappa shape index (κ2) is 6.97. The molecule has 0 saturated heterocycles. The molecule has 4 heteroatoms. The number of hydrogen-bond acceptors (Lipinski definition) is 2. The van der Waals surface area contributed by atoms with Crippen molar-refractivity contribution in [3.8, 4) is 11.5 Å². The number of hydrogen-bond donors (Lipinski definition) is 0. The summed E-state index contributed by atoms with van der Waals surface area (Å²) in [7, 11) is -1.51. The highest BCUT2D eigenvalue weighted by Gasteiger charge is 2.14. The molecule has 2 aromatic rings. The lowest BCUT2D eigenvalue weighted by Gasteiger charge is -2.15. The van der Waals surface area contributed by atoms with E-state index < -0.39 is 7.73 Å². The molecule has 0 saturated carbocycles. The van der Waals surface area contributed by atoms with Crippen LogP contribution in [0.25, 0.3) is 0 Å². The van der Waals surface area contributed by atoms with Gasteiger partial charge in [-0.15, -0.1) is 0 Å².